The molecule has 0 aliphatic rings. The Hall–Kier alpha value is -0.000000000000000111. The lowest BCUT2D eigenvalue weighted by atomic mass is 10.1. The first-order valence-corrected chi connectivity index (χ1v) is 5.09. The van der Waals surface area contributed by atoms with E-state index in [2.05, 4.69) is 31.9 Å². The van der Waals surface area contributed by atoms with Crippen LogP contribution in [0.25, 0.3) is 0 Å². The zero-order valence-electron chi connectivity index (χ0n) is 6.48. The summed E-state index contributed by atoms with van der Waals surface area (Å²) in [5.74, 6) is 0. The van der Waals surface area contributed by atoms with Crippen molar-refractivity contribution in [2.75, 3.05) is 0 Å². The normalized spacial score (nSPS) is 13.4. The summed E-state index contributed by atoms with van der Waals surface area (Å²) in [5, 5.41) is 0. The van der Waals surface area contributed by atoms with Gasteiger partial charge in [0, 0.05) is 8.95 Å². The highest BCUT2D eigenvalue weighted by atomic mass is 79.9. The molecule has 0 radical (unpaired) electrons. The van der Waals surface area contributed by atoms with Gasteiger partial charge in [-0.25, -0.2) is 8.78 Å². The molecule has 5 heteroatoms. The molecule has 0 bridgehead atoms. The van der Waals surface area contributed by atoms with Gasteiger partial charge in [-0.2, -0.15) is 0 Å². The van der Waals surface area contributed by atoms with Crippen LogP contribution in [0.4, 0.5) is 8.78 Å². The number of alkyl halides is 2. The fourth-order valence-electron chi connectivity index (χ4n) is 0.913. The number of benzene rings is 1. The minimum atomic E-state index is -2.54. The Kier molecular flexibility index (Phi) is 3.82. The lowest BCUT2D eigenvalue weighted by Gasteiger charge is -2.11. The average Bonchev–Trinajstić information content (AvgIpc) is 2.01. The topological polar surface area (TPSA) is 26.0 Å². The van der Waals surface area contributed by atoms with Gasteiger partial charge in [-0.05, 0) is 23.8 Å². The smallest absolute Gasteiger partial charge is 0.257 e. The second-order valence-corrected chi connectivity index (χ2v) is 4.39. The van der Waals surface area contributed by atoms with Crippen LogP contribution in [0.3, 0.4) is 0 Å². The standard InChI is InChI=1S/C8H7Br2F2N/c9-5-1-4(2-6(10)3-5)7(13)8(11)12/h1-3,7-8H,13H2. The van der Waals surface area contributed by atoms with Crippen molar-refractivity contribution in [1.82, 2.24) is 0 Å². The van der Waals surface area contributed by atoms with Crippen molar-refractivity contribution in [3.63, 3.8) is 0 Å². The molecule has 0 aliphatic carbocycles. The lowest BCUT2D eigenvalue weighted by molar-refractivity contribution is 0.116. The molecule has 1 rings (SSSR count). The Morgan fingerprint density at radius 2 is 1.54 bits per heavy atom. The number of hydrogen-bond donors (Lipinski definition) is 1. The largest absolute Gasteiger partial charge is 0.319 e. The van der Waals surface area contributed by atoms with Crippen LogP contribution in [0.5, 0.6) is 0 Å². The number of hydrogen-bond acceptors (Lipinski definition) is 1. The monoisotopic (exact) mass is 313 g/mol. The molecule has 0 saturated heterocycles. The summed E-state index contributed by atoms with van der Waals surface area (Å²) in [7, 11) is 0. The summed E-state index contributed by atoms with van der Waals surface area (Å²) in [6.07, 6.45) is -2.54. The van der Waals surface area contributed by atoms with Crippen molar-refractivity contribution in [3.8, 4) is 0 Å². The summed E-state index contributed by atoms with van der Waals surface area (Å²) in [4.78, 5) is 0. The van der Waals surface area contributed by atoms with Crippen LogP contribution in [0.2, 0.25) is 0 Å². The summed E-state index contributed by atoms with van der Waals surface area (Å²) in [6.45, 7) is 0. The molecule has 72 valence electrons. The van der Waals surface area contributed by atoms with Crippen molar-refractivity contribution in [2.45, 2.75) is 12.5 Å². The van der Waals surface area contributed by atoms with Gasteiger partial charge < -0.3 is 5.73 Å². The van der Waals surface area contributed by atoms with Crippen LogP contribution in [0.15, 0.2) is 27.1 Å². The molecule has 0 spiro atoms. The Balaban J connectivity index is 3.01. The predicted molar refractivity (Wildman–Crippen MR) is 54.8 cm³/mol. The van der Waals surface area contributed by atoms with Crippen molar-refractivity contribution in [2.24, 2.45) is 5.73 Å². The average molecular weight is 315 g/mol. The van der Waals surface area contributed by atoms with Gasteiger partial charge in [-0.1, -0.05) is 31.9 Å². The van der Waals surface area contributed by atoms with E-state index in [0.29, 0.717) is 5.56 Å². The molecule has 0 aromatic heterocycles. The quantitative estimate of drug-likeness (QED) is 0.888. The van der Waals surface area contributed by atoms with Crippen molar-refractivity contribution < 1.29 is 8.78 Å². The van der Waals surface area contributed by atoms with Crippen molar-refractivity contribution in [1.29, 1.82) is 0 Å². The molecule has 2 N–H and O–H groups in total. The van der Waals surface area contributed by atoms with Crippen LogP contribution in [-0.2, 0) is 0 Å². The predicted octanol–water partition coefficient (Wildman–Crippen LogP) is 3.48. The van der Waals surface area contributed by atoms with Crippen LogP contribution in [0, 0.1) is 0 Å². The maximum atomic E-state index is 12.2. The molecular weight excluding hydrogens is 308 g/mol. The molecule has 13 heavy (non-hydrogen) atoms. The van der Waals surface area contributed by atoms with Crippen molar-refractivity contribution >= 4 is 31.9 Å². The third kappa shape index (κ3) is 3.00. The number of rotatable bonds is 2. The zero-order chi connectivity index (χ0) is 10.0. The highest BCUT2D eigenvalue weighted by molar-refractivity contribution is 9.11. The first-order chi connectivity index (χ1) is 6.00. The van der Waals surface area contributed by atoms with E-state index in [1.165, 1.54) is 0 Å². The van der Waals surface area contributed by atoms with Gasteiger partial charge in [-0.15, -0.1) is 0 Å². The van der Waals surface area contributed by atoms with Gasteiger partial charge >= 0.3 is 0 Å². The first kappa shape index (κ1) is 11.1. The van der Waals surface area contributed by atoms with Gasteiger partial charge in [0.2, 0.25) is 0 Å². The van der Waals surface area contributed by atoms with E-state index >= 15 is 0 Å². The number of nitrogens with two attached hydrogens (primary N) is 1. The third-order valence-electron chi connectivity index (χ3n) is 1.54. The van der Waals surface area contributed by atoms with E-state index in [-0.39, 0.29) is 0 Å². The Labute approximate surface area is 91.6 Å². The van der Waals surface area contributed by atoms with Gasteiger partial charge in [0.15, 0.2) is 0 Å². The molecule has 0 fully saturated rings. The second kappa shape index (κ2) is 4.48. The van der Waals surface area contributed by atoms with Crippen molar-refractivity contribution in [3.05, 3.63) is 32.7 Å². The molecule has 1 atom stereocenters. The Morgan fingerprint density at radius 3 is 1.92 bits per heavy atom. The molecular formula is C8H7Br2F2N. The zero-order valence-corrected chi connectivity index (χ0v) is 9.65. The highest BCUT2D eigenvalue weighted by Crippen LogP contribution is 2.25. The van der Waals surface area contributed by atoms with E-state index in [9.17, 15) is 8.78 Å². The molecule has 1 aromatic carbocycles. The fourth-order valence-corrected chi connectivity index (χ4v) is 2.24. The molecule has 0 saturated carbocycles. The molecule has 1 unspecified atom stereocenters. The maximum absolute atomic E-state index is 12.2. The van der Waals surface area contributed by atoms with E-state index < -0.39 is 12.5 Å². The summed E-state index contributed by atoms with van der Waals surface area (Å²) < 4.78 is 25.9. The minimum absolute atomic E-state index is 0.413. The van der Waals surface area contributed by atoms with E-state index in [1.54, 1.807) is 18.2 Å². The molecule has 0 aliphatic heterocycles. The third-order valence-corrected chi connectivity index (χ3v) is 2.46. The highest BCUT2D eigenvalue weighted by Gasteiger charge is 2.17. The lowest BCUT2D eigenvalue weighted by Crippen LogP contribution is -2.18. The van der Waals surface area contributed by atoms with E-state index in [1.807, 2.05) is 0 Å². The Morgan fingerprint density at radius 1 is 1.08 bits per heavy atom. The van der Waals surface area contributed by atoms with Crippen LogP contribution in [0.1, 0.15) is 11.6 Å². The molecule has 0 heterocycles. The van der Waals surface area contributed by atoms with Gasteiger partial charge in [0.05, 0.1) is 6.04 Å². The van der Waals surface area contributed by atoms with E-state index in [4.69, 9.17) is 5.73 Å². The van der Waals surface area contributed by atoms with Gasteiger partial charge in [0.1, 0.15) is 0 Å². The van der Waals surface area contributed by atoms with Crippen LogP contribution >= 0.6 is 31.9 Å². The number of halogens is 4. The molecule has 0 amide bonds. The maximum Gasteiger partial charge on any atom is 0.257 e. The summed E-state index contributed by atoms with van der Waals surface area (Å²) >= 11 is 6.40. The summed E-state index contributed by atoms with van der Waals surface area (Å²) in [6, 6.07) is 3.71. The van der Waals surface area contributed by atoms with E-state index in [0.717, 1.165) is 8.95 Å². The first-order valence-electron chi connectivity index (χ1n) is 3.50. The fraction of sp³-hybridized carbons (Fsp3) is 0.250. The molecule has 1 aromatic rings. The summed E-state index contributed by atoms with van der Waals surface area (Å²) in [5.41, 5.74) is 5.70. The minimum Gasteiger partial charge on any atom is -0.319 e. The molecule has 1 nitrogen and oxygen atoms in total. The SMILES string of the molecule is NC(c1cc(Br)cc(Br)c1)C(F)F. The van der Waals surface area contributed by atoms with Gasteiger partial charge in [-0.3, -0.25) is 0 Å². The second-order valence-electron chi connectivity index (χ2n) is 2.56. The van der Waals surface area contributed by atoms with Gasteiger partial charge in [0.25, 0.3) is 6.43 Å². The van der Waals surface area contributed by atoms with Crippen LogP contribution in [-0.4, -0.2) is 6.43 Å². The Bertz CT molecular complexity index is 284. The van der Waals surface area contributed by atoms with Crippen LogP contribution < -0.4 is 5.73 Å².